The van der Waals surface area contributed by atoms with Crippen LogP contribution >= 0.6 is 0 Å². The minimum atomic E-state index is -0.496. The van der Waals surface area contributed by atoms with Crippen molar-refractivity contribution in [3.8, 4) is 0 Å². The first-order valence-corrected chi connectivity index (χ1v) is 6.85. The van der Waals surface area contributed by atoms with E-state index in [1.807, 2.05) is 20.8 Å². The molecule has 108 valence electrons. The Balaban J connectivity index is 2.00. The van der Waals surface area contributed by atoms with Gasteiger partial charge in [-0.05, 0) is 23.1 Å². The van der Waals surface area contributed by atoms with Gasteiger partial charge in [-0.15, -0.1) is 10.2 Å². The van der Waals surface area contributed by atoms with Gasteiger partial charge in [-0.3, -0.25) is 0 Å². The lowest BCUT2D eigenvalue weighted by molar-refractivity contribution is 0.0409. The van der Waals surface area contributed by atoms with Gasteiger partial charge >= 0.3 is 0 Å². The van der Waals surface area contributed by atoms with Gasteiger partial charge in [0, 0.05) is 6.42 Å². The van der Waals surface area contributed by atoms with Crippen LogP contribution in [0.2, 0.25) is 0 Å². The fourth-order valence-electron chi connectivity index (χ4n) is 1.74. The molecule has 5 nitrogen and oxygen atoms in total. The molecule has 0 aliphatic heterocycles. The number of tetrazole rings is 1. The molecule has 0 amide bonds. The Morgan fingerprint density at radius 3 is 2.45 bits per heavy atom. The van der Waals surface area contributed by atoms with Crippen LogP contribution in [0.15, 0.2) is 24.3 Å². The first-order valence-electron chi connectivity index (χ1n) is 6.85. The molecule has 1 N–H and O–H groups in total. The fraction of sp³-hybridized carbons (Fsp3) is 0.533. The molecule has 5 heteroatoms. The minimum Gasteiger partial charge on any atom is -0.391 e. The highest BCUT2D eigenvalue weighted by Gasteiger charge is 2.23. The summed E-state index contributed by atoms with van der Waals surface area (Å²) in [6.45, 7) is 8.39. The highest BCUT2D eigenvalue weighted by molar-refractivity contribution is 5.23. The van der Waals surface area contributed by atoms with E-state index >= 15 is 0 Å². The first kappa shape index (κ1) is 14.7. The summed E-state index contributed by atoms with van der Waals surface area (Å²) in [7, 11) is 0. The Morgan fingerprint density at radius 1 is 1.20 bits per heavy atom. The largest absolute Gasteiger partial charge is 0.391 e. The van der Waals surface area contributed by atoms with Crippen molar-refractivity contribution in [1.82, 2.24) is 20.2 Å². The zero-order valence-corrected chi connectivity index (χ0v) is 12.5. The van der Waals surface area contributed by atoms with Crippen LogP contribution < -0.4 is 0 Å². The lowest BCUT2D eigenvalue weighted by Crippen LogP contribution is -2.31. The second-order valence-electron chi connectivity index (χ2n) is 6.30. The van der Waals surface area contributed by atoms with Crippen LogP contribution in [0.3, 0.4) is 0 Å². The summed E-state index contributed by atoms with van der Waals surface area (Å²) in [5.74, 6) is 0.676. The monoisotopic (exact) mass is 274 g/mol. The van der Waals surface area contributed by atoms with Crippen LogP contribution in [0.1, 0.15) is 37.7 Å². The van der Waals surface area contributed by atoms with E-state index in [1.165, 1.54) is 10.4 Å². The molecule has 1 atom stereocenters. The molecule has 2 rings (SSSR count). The van der Waals surface area contributed by atoms with Crippen molar-refractivity contribution < 1.29 is 5.11 Å². The Kier molecular flexibility index (Phi) is 4.18. The maximum absolute atomic E-state index is 10.0. The summed E-state index contributed by atoms with van der Waals surface area (Å²) in [5, 5.41) is 22.4. The lowest BCUT2D eigenvalue weighted by atomic mass is 9.89. The summed E-state index contributed by atoms with van der Waals surface area (Å²) in [5.41, 5.74) is 2.20. The smallest absolute Gasteiger partial charge is 0.179 e. The van der Waals surface area contributed by atoms with Gasteiger partial charge in [0.1, 0.15) is 0 Å². The van der Waals surface area contributed by atoms with E-state index in [0.717, 1.165) is 5.56 Å². The van der Waals surface area contributed by atoms with Crippen LogP contribution in [-0.4, -0.2) is 31.4 Å². The average Bonchev–Trinajstić information content (AvgIpc) is 2.78. The van der Waals surface area contributed by atoms with E-state index in [1.54, 1.807) is 0 Å². The fourth-order valence-corrected chi connectivity index (χ4v) is 1.74. The number of aromatic nitrogens is 4. The molecular formula is C15H22N4O. The highest BCUT2D eigenvalue weighted by atomic mass is 16.3. The van der Waals surface area contributed by atoms with Gasteiger partial charge in [-0.25, -0.2) is 0 Å². The molecule has 0 bridgehead atoms. The summed E-state index contributed by atoms with van der Waals surface area (Å²) in [6.07, 6.45) is 0.162. The molecule has 0 radical (unpaired) electrons. The number of nitrogens with zero attached hydrogens (tertiary/aromatic N) is 4. The second kappa shape index (κ2) is 5.71. The number of aliphatic hydroxyl groups is 1. The van der Waals surface area contributed by atoms with E-state index in [0.29, 0.717) is 18.8 Å². The quantitative estimate of drug-likeness (QED) is 0.926. The van der Waals surface area contributed by atoms with Gasteiger partial charge in [0.15, 0.2) is 5.82 Å². The van der Waals surface area contributed by atoms with E-state index < -0.39 is 6.10 Å². The number of benzene rings is 1. The van der Waals surface area contributed by atoms with Crippen LogP contribution in [0.25, 0.3) is 0 Å². The van der Waals surface area contributed by atoms with Crippen molar-refractivity contribution in [2.75, 3.05) is 0 Å². The summed E-state index contributed by atoms with van der Waals surface area (Å²) in [6, 6.07) is 8.28. The molecule has 20 heavy (non-hydrogen) atoms. The Morgan fingerprint density at radius 2 is 1.85 bits per heavy atom. The molecule has 0 fully saturated rings. The van der Waals surface area contributed by atoms with Crippen molar-refractivity contribution in [3.05, 3.63) is 41.2 Å². The molecule has 0 aliphatic rings. The molecule has 2 aromatic rings. The molecule has 1 aromatic heterocycles. The molecule has 1 aromatic carbocycles. The van der Waals surface area contributed by atoms with Crippen LogP contribution in [-0.2, 0) is 13.0 Å². The zero-order valence-electron chi connectivity index (χ0n) is 12.5. The highest BCUT2D eigenvalue weighted by Crippen LogP contribution is 2.19. The van der Waals surface area contributed by atoms with Gasteiger partial charge in [-0.1, -0.05) is 50.6 Å². The summed E-state index contributed by atoms with van der Waals surface area (Å²) >= 11 is 0. The van der Waals surface area contributed by atoms with Gasteiger partial charge in [0.25, 0.3) is 0 Å². The number of aryl methyl sites for hydroxylation is 1. The van der Waals surface area contributed by atoms with Crippen molar-refractivity contribution >= 4 is 0 Å². The Labute approximate surface area is 119 Å². The Hall–Kier alpha value is -1.75. The van der Waals surface area contributed by atoms with Crippen LogP contribution in [0.4, 0.5) is 0 Å². The molecule has 1 heterocycles. The molecular weight excluding hydrogens is 252 g/mol. The third-order valence-electron chi connectivity index (χ3n) is 3.31. The summed E-state index contributed by atoms with van der Waals surface area (Å²) in [4.78, 5) is 1.47. The Bertz CT molecular complexity index is 554. The molecule has 0 spiro atoms. The van der Waals surface area contributed by atoms with Crippen molar-refractivity contribution in [1.29, 1.82) is 0 Å². The first-order chi connectivity index (χ1) is 9.34. The van der Waals surface area contributed by atoms with E-state index in [4.69, 9.17) is 0 Å². The topological polar surface area (TPSA) is 63.8 Å². The predicted octanol–water partition coefficient (Wildman–Crippen LogP) is 1.98. The number of aliphatic hydroxyl groups excluding tert-OH is 1. The molecule has 0 aliphatic carbocycles. The van der Waals surface area contributed by atoms with E-state index in [9.17, 15) is 5.11 Å². The van der Waals surface area contributed by atoms with Gasteiger partial charge in [0.2, 0.25) is 0 Å². The standard InChI is InChI=1S/C15H22N4O/c1-11-5-7-12(8-6-11)9-14-16-18-19(17-14)10-13(20)15(2,3)4/h5-8,13,20H,9-10H2,1-4H3/t13-/m1/s1. The van der Waals surface area contributed by atoms with Crippen LogP contribution in [0, 0.1) is 12.3 Å². The molecule has 0 saturated heterocycles. The third kappa shape index (κ3) is 3.87. The SMILES string of the molecule is Cc1ccc(Cc2nnn(C[C@@H](O)C(C)(C)C)n2)cc1. The van der Waals surface area contributed by atoms with Gasteiger partial charge < -0.3 is 5.11 Å². The normalized spacial score (nSPS) is 13.4. The zero-order chi connectivity index (χ0) is 14.8. The van der Waals surface area contributed by atoms with E-state index in [-0.39, 0.29) is 5.41 Å². The van der Waals surface area contributed by atoms with Crippen LogP contribution in [0.5, 0.6) is 0 Å². The van der Waals surface area contributed by atoms with Gasteiger partial charge in [0.05, 0.1) is 12.6 Å². The predicted molar refractivity (Wildman–Crippen MR) is 77.3 cm³/mol. The maximum Gasteiger partial charge on any atom is 0.179 e. The molecule has 0 saturated carbocycles. The lowest BCUT2D eigenvalue weighted by Gasteiger charge is -2.24. The average molecular weight is 274 g/mol. The van der Waals surface area contributed by atoms with Crippen molar-refractivity contribution in [2.45, 2.75) is 46.8 Å². The van der Waals surface area contributed by atoms with Crippen molar-refractivity contribution in [2.24, 2.45) is 5.41 Å². The maximum atomic E-state index is 10.0. The number of hydrogen-bond donors (Lipinski definition) is 1. The number of hydrogen-bond acceptors (Lipinski definition) is 4. The van der Waals surface area contributed by atoms with Crippen molar-refractivity contribution in [3.63, 3.8) is 0 Å². The van der Waals surface area contributed by atoms with Gasteiger partial charge in [-0.2, -0.15) is 4.80 Å². The molecule has 0 unspecified atom stereocenters. The minimum absolute atomic E-state index is 0.190. The summed E-state index contributed by atoms with van der Waals surface area (Å²) < 4.78 is 0. The second-order valence-corrected chi connectivity index (χ2v) is 6.30. The third-order valence-corrected chi connectivity index (χ3v) is 3.31. The van der Waals surface area contributed by atoms with E-state index in [2.05, 4.69) is 46.6 Å². The number of rotatable bonds is 4.